The number of hydrogen-bond acceptors (Lipinski definition) is 3. The van der Waals surface area contributed by atoms with E-state index in [1.54, 1.807) is 7.11 Å². The van der Waals surface area contributed by atoms with Gasteiger partial charge in [0.15, 0.2) is 0 Å². The van der Waals surface area contributed by atoms with Gasteiger partial charge in [-0.2, -0.15) is 0 Å². The van der Waals surface area contributed by atoms with Gasteiger partial charge in [-0.05, 0) is 31.0 Å². The van der Waals surface area contributed by atoms with E-state index < -0.39 is 0 Å². The van der Waals surface area contributed by atoms with Crippen LogP contribution >= 0.6 is 0 Å². The number of nitrogens with one attached hydrogen (secondary N) is 1. The maximum absolute atomic E-state index is 11.4. The molecule has 0 aliphatic heterocycles. The number of carbonyl (C=O) groups excluding carboxylic acids is 1. The first-order valence-corrected chi connectivity index (χ1v) is 6.17. The molecular formula is C14H21NO3. The lowest BCUT2D eigenvalue weighted by molar-refractivity contribution is -0.121. The van der Waals surface area contributed by atoms with Gasteiger partial charge < -0.3 is 14.8 Å². The molecule has 0 aliphatic carbocycles. The molecule has 1 amide bonds. The summed E-state index contributed by atoms with van der Waals surface area (Å²) in [6.45, 7) is 3.73. The van der Waals surface area contributed by atoms with Gasteiger partial charge in [0.05, 0.1) is 13.0 Å². The van der Waals surface area contributed by atoms with E-state index in [0.29, 0.717) is 26.2 Å². The van der Waals surface area contributed by atoms with Crippen LogP contribution in [0.3, 0.4) is 0 Å². The summed E-state index contributed by atoms with van der Waals surface area (Å²) in [7, 11) is 1.65. The summed E-state index contributed by atoms with van der Waals surface area (Å²) in [5, 5.41) is 2.82. The minimum Gasteiger partial charge on any atom is -0.493 e. The third kappa shape index (κ3) is 6.25. The Hall–Kier alpha value is -1.55. The second-order valence-electron chi connectivity index (χ2n) is 4.11. The molecule has 18 heavy (non-hydrogen) atoms. The molecular weight excluding hydrogens is 230 g/mol. The van der Waals surface area contributed by atoms with E-state index in [1.807, 2.05) is 31.2 Å². The Morgan fingerprint density at radius 1 is 1.33 bits per heavy atom. The smallest absolute Gasteiger partial charge is 0.223 e. The van der Waals surface area contributed by atoms with Crippen molar-refractivity contribution in [2.75, 3.05) is 26.9 Å². The predicted molar refractivity (Wildman–Crippen MR) is 70.8 cm³/mol. The van der Waals surface area contributed by atoms with Crippen LogP contribution in [0.5, 0.6) is 5.75 Å². The predicted octanol–water partition coefficient (Wildman–Crippen LogP) is 1.92. The van der Waals surface area contributed by atoms with E-state index in [9.17, 15) is 4.79 Å². The fourth-order valence-electron chi connectivity index (χ4n) is 1.50. The van der Waals surface area contributed by atoms with Crippen LogP contribution in [-0.2, 0) is 9.53 Å². The van der Waals surface area contributed by atoms with Crippen LogP contribution in [0.1, 0.15) is 18.4 Å². The molecule has 0 saturated heterocycles. The van der Waals surface area contributed by atoms with E-state index in [0.717, 1.165) is 17.7 Å². The van der Waals surface area contributed by atoms with E-state index in [-0.39, 0.29) is 5.91 Å². The van der Waals surface area contributed by atoms with Crippen molar-refractivity contribution < 1.29 is 14.3 Å². The lowest BCUT2D eigenvalue weighted by Gasteiger charge is -2.07. The van der Waals surface area contributed by atoms with Gasteiger partial charge >= 0.3 is 0 Å². The van der Waals surface area contributed by atoms with Crippen molar-refractivity contribution in [3.05, 3.63) is 29.8 Å². The van der Waals surface area contributed by atoms with Crippen molar-refractivity contribution in [2.24, 2.45) is 0 Å². The van der Waals surface area contributed by atoms with Crippen LogP contribution in [0.4, 0.5) is 0 Å². The third-order valence-electron chi connectivity index (χ3n) is 2.43. The SMILES string of the molecule is COCCCNC(=O)CCOc1cccc(C)c1. The molecule has 1 aromatic rings. The molecule has 0 bridgehead atoms. The van der Waals surface area contributed by atoms with Crippen LogP contribution in [0.2, 0.25) is 0 Å². The Labute approximate surface area is 108 Å². The summed E-state index contributed by atoms with van der Waals surface area (Å²) in [5.74, 6) is 0.820. The molecule has 100 valence electrons. The van der Waals surface area contributed by atoms with Crippen LogP contribution in [0.25, 0.3) is 0 Å². The van der Waals surface area contributed by atoms with E-state index in [1.165, 1.54) is 0 Å². The van der Waals surface area contributed by atoms with Gasteiger partial charge in [0, 0.05) is 20.3 Å². The zero-order chi connectivity index (χ0) is 13.2. The van der Waals surface area contributed by atoms with E-state index in [2.05, 4.69) is 5.32 Å². The second kappa shape index (κ2) is 8.53. The van der Waals surface area contributed by atoms with Crippen LogP contribution in [0.15, 0.2) is 24.3 Å². The molecule has 0 fully saturated rings. The Morgan fingerprint density at radius 3 is 2.89 bits per heavy atom. The normalized spacial score (nSPS) is 10.1. The molecule has 1 N–H and O–H groups in total. The standard InChI is InChI=1S/C14H21NO3/c1-12-5-3-6-13(11-12)18-10-7-14(16)15-8-4-9-17-2/h3,5-6,11H,4,7-10H2,1-2H3,(H,15,16). The molecule has 0 atom stereocenters. The molecule has 0 spiro atoms. The number of benzene rings is 1. The number of amides is 1. The molecule has 0 unspecified atom stereocenters. The molecule has 0 heterocycles. The van der Waals surface area contributed by atoms with Crippen LogP contribution < -0.4 is 10.1 Å². The number of methoxy groups -OCH3 is 1. The van der Waals surface area contributed by atoms with E-state index >= 15 is 0 Å². The molecule has 1 rings (SSSR count). The summed E-state index contributed by atoms with van der Waals surface area (Å²) in [6, 6.07) is 7.80. The summed E-state index contributed by atoms with van der Waals surface area (Å²) in [6.07, 6.45) is 1.21. The molecule has 0 aromatic heterocycles. The Balaban J connectivity index is 2.12. The van der Waals surface area contributed by atoms with Gasteiger partial charge in [-0.3, -0.25) is 4.79 Å². The van der Waals surface area contributed by atoms with Gasteiger partial charge in [-0.25, -0.2) is 0 Å². The van der Waals surface area contributed by atoms with Crippen molar-refractivity contribution in [2.45, 2.75) is 19.8 Å². The zero-order valence-electron chi connectivity index (χ0n) is 11.1. The largest absolute Gasteiger partial charge is 0.493 e. The van der Waals surface area contributed by atoms with Gasteiger partial charge in [0.25, 0.3) is 0 Å². The topological polar surface area (TPSA) is 47.6 Å². The van der Waals surface area contributed by atoms with Gasteiger partial charge in [-0.15, -0.1) is 0 Å². The molecule has 0 radical (unpaired) electrons. The van der Waals surface area contributed by atoms with Crippen molar-refractivity contribution in [3.8, 4) is 5.75 Å². The fourth-order valence-corrected chi connectivity index (χ4v) is 1.50. The number of rotatable bonds is 8. The Kier molecular flexibility index (Phi) is 6.87. The Morgan fingerprint density at radius 2 is 2.17 bits per heavy atom. The first-order valence-electron chi connectivity index (χ1n) is 6.17. The van der Waals surface area contributed by atoms with Crippen molar-refractivity contribution in [3.63, 3.8) is 0 Å². The maximum atomic E-state index is 11.4. The summed E-state index contributed by atoms with van der Waals surface area (Å²) in [4.78, 5) is 11.4. The number of hydrogen-bond donors (Lipinski definition) is 1. The Bertz CT molecular complexity index is 366. The minimum absolute atomic E-state index is 0.0127. The average Bonchev–Trinajstić information content (AvgIpc) is 2.35. The van der Waals surface area contributed by atoms with Crippen LogP contribution in [0, 0.1) is 6.92 Å². The molecule has 4 heteroatoms. The van der Waals surface area contributed by atoms with Gasteiger partial charge in [-0.1, -0.05) is 12.1 Å². The molecule has 0 aliphatic rings. The first kappa shape index (κ1) is 14.5. The van der Waals surface area contributed by atoms with Crippen LogP contribution in [-0.4, -0.2) is 32.8 Å². The molecule has 1 aromatic carbocycles. The number of aryl methyl sites for hydroxylation is 1. The monoisotopic (exact) mass is 251 g/mol. The highest BCUT2D eigenvalue weighted by Gasteiger charge is 2.01. The summed E-state index contributed by atoms with van der Waals surface area (Å²) >= 11 is 0. The lowest BCUT2D eigenvalue weighted by Crippen LogP contribution is -2.26. The summed E-state index contributed by atoms with van der Waals surface area (Å²) < 4.78 is 10.4. The third-order valence-corrected chi connectivity index (χ3v) is 2.43. The minimum atomic E-state index is 0.0127. The van der Waals surface area contributed by atoms with E-state index in [4.69, 9.17) is 9.47 Å². The van der Waals surface area contributed by atoms with Crippen molar-refractivity contribution in [1.29, 1.82) is 0 Å². The lowest BCUT2D eigenvalue weighted by atomic mass is 10.2. The van der Waals surface area contributed by atoms with Crippen molar-refractivity contribution in [1.82, 2.24) is 5.32 Å². The molecule has 0 saturated carbocycles. The first-order chi connectivity index (χ1) is 8.72. The maximum Gasteiger partial charge on any atom is 0.223 e. The highest BCUT2D eigenvalue weighted by Crippen LogP contribution is 2.12. The highest BCUT2D eigenvalue weighted by atomic mass is 16.5. The zero-order valence-corrected chi connectivity index (χ0v) is 11.1. The molecule has 4 nitrogen and oxygen atoms in total. The summed E-state index contributed by atoms with van der Waals surface area (Å²) in [5.41, 5.74) is 1.15. The second-order valence-corrected chi connectivity index (χ2v) is 4.11. The average molecular weight is 251 g/mol. The quantitative estimate of drug-likeness (QED) is 0.718. The van der Waals surface area contributed by atoms with Gasteiger partial charge in [0.1, 0.15) is 5.75 Å². The number of ether oxygens (including phenoxy) is 2. The van der Waals surface area contributed by atoms with Crippen molar-refractivity contribution >= 4 is 5.91 Å². The highest BCUT2D eigenvalue weighted by molar-refractivity contribution is 5.75. The fraction of sp³-hybridized carbons (Fsp3) is 0.500. The number of carbonyl (C=O) groups is 1. The van der Waals surface area contributed by atoms with Gasteiger partial charge in [0.2, 0.25) is 5.91 Å².